The SMILES string of the molecule is Cc1cc(OCC(C)C)cc(-c2ccc(C(=O)CS(=O)(=O)c3ccc[nH]c3=O)c(N3C(C)CCC3C)n2)c1. The van der Waals surface area contributed by atoms with Gasteiger partial charge in [0.2, 0.25) is 0 Å². The molecule has 0 bridgehead atoms. The lowest BCUT2D eigenvalue weighted by Gasteiger charge is -2.29. The summed E-state index contributed by atoms with van der Waals surface area (Å²) in [4.78, 5) is 34.5. The Morgan fingerprint density at radius 3 is 2.50 bits per heavy atom. The van der Waals surface area contributed by atoms with Gasteiger partial charge in [-0.15, -0.1) is 0 Å². The van der Waals surface area contributed by atoms with Gasteiger partial charge < -0.3 is 14.6 Å². The molecule has 1 fully saturated rings. The summed E-state index contributed by atoms with van der Waals surface area (Å²) in [5, 5.41) is 0. The molecule has 1 aliphatic heterocycles. The Kier molecular flexibility index (Phi) is 8.06. The van der Waals surface area contributed by atoms with Gasteiger partial charge in [-0.25, -0.2) is 13.4 Å². The number of carbonyl (C=O) groups is 1. The summed E-state index contributed by atoms with van der Waals surface area (Å²) in [6, 6.07) is 12.2. The molecule has 1 N–H and O–H groups in total. The predicted octanol–water partition coefficient (Wildman–Crippen LogP) is 4.81. The van der Waals surface area contributed by atoms with Crippen LogP contribution in [-0.2, 0) is 9.84 Å². The number of H-pyrrole nitrogens is 1. The number of anilines is 1. The van der Waals surface area contributed by atoms with Gasteiger partial charge in [-0.3, -0.25) is 9.59 Å². The van der Waals surface area contributed by atoms with Crippen molar-refractivity contribution in [1.82, 2.24) is 9.97 Å². The van der Waals surface area contributed by atoms with Crippen LogP contribution in [0.2, 0.25) is 0 Å². The average molecular weight is 538 g/mol. The molecule has 4 rings (SSSR count). The topological polar surface area (TPSA) is 109 Å². The molecule has 1 aromatic carbocycles. The van der Waals surface area contributed by atoms with E-state index in [4.69, 9.17) is 9.72 Å². The average Bonchev–Trinajstić information content (AvgIpc) is 3.19. The van der Waals surface area contributed by atoms with Crippen LogP contribution in [0.5, 0.6) is 5.75 Å². The van der Waals surface area contributed by atoms with Crippen LogP contribution in [-0.4, -0.2) is 48.6 Å². The number of nitrogens with zero attached hydrogens (tertiary/aromatic N) is 2. The number of ether oxygens (including phenoxy) is 1. The Bertz CT molecular complexity index is 1490. The Morgan fingerprint density at radius 2 is 1.84 bits per heavy atom. The van der Waals surface area contributed by atoms with E-state index in [1.54, 1.807) is 12.1 Å². The summed E-state index contributed by atoms with van der Waals surface area (Å²) in [6.45, 7) is 10.9. The van der Waals surface area contributed by atoms with Crippen LogP contribution in [0.3, 0.4) is 0 Å². The molecule has 3 heterocycles. The lowest BCUT2D eigenvalue weighted by Crippen LogP contribution is -2.35. The molecule has 0 spiro atoms. The zero-order valence-electron chi connectivity index (χ0n) is 22.5. The van der Waals surface area contributed by atoms with Crippen molar-refractivity contribution in [2.24, 2.45) is 5.92 Å². The van der Waals surface area contributed by atoms with Crippen LogP contribution < -0.4 is 15.2 Å². The molecule has 0 saturated carbocycles. The number of carbonyl (C=O) groups excluding carboxylic acids is 1. The van der Waals surface area contributed by atoms with Gasteiger partial charge in [0.1, 0.15) is 22.2 Å². The van der Waals surface area contributed by atoms with E-state index in [9.17, 15) is 18.0 Å². The molecule has 0 radical (unpaired) electrons. The van der Waals surface area contributed by atoms with Crippen molar-refractivity contribution in [2.45, 2.75) is 64.4 Å². The molecule has 0 aliphatic carbocycles. The molecule has 1 saturated heterocycles. The van der Waals surface area contributed by atoms with Gasteiger partial charge in [-0.05, 0) is 87.6 Å². The Morgan fingerprint density at radius 1 is 1.13 bits per heavy atom. The lowest BCUT2D eigenvalue weighted by molar-refractivity contribution is 0.102. The molecule has 8 nitrogen and oxygen atoms in total. The van der Waals surface area contributed by atoms with Gasteiger partial charge in [-0.1, -0.05) is 13.8 Å². The third-order valence-electron chi connectivity index (χ3n) is 6.74. The van der Waals surface area contributed by atoms with Crippen LogP contribution in [0, 0.1) is 12.8 Å². The second kappa shape index (κ2) is 11.1. The largest absolute Gasteiger partial charge is 0.493 e. The lowest BCUT2D eigenvalue weighted by atomic mass is 10.0. The Hall–Kier alpha value is -3.46. The summed E-state index contributed by atoms with van der Waals surface area (Å²) >= 11 is 0. The predicted molar refractivity (Wildman–Crippen MR) is 149 cm³/mol. The van der Waals surface area contributed by atoms with Gasteiger partial charge in [0, 0.05) is 23.8 Å². The van der Waals surface area contributed by atoms with E-state index in [0.29, 0.717) is 24.0 Å². The molecular weight excluding hydrogens is 502 g/mol. The summed E-state index contributed by atoms with van der Waals surface area (Å²) in [6.07, 6.45) is 3.23. The number of pyridine rings is 2. The van der Waals surface area contributed by atoms with Crippen molar-refractivity contribution >= 4 is 21.4 Å². The van der Waals surface area contributed by atoms with Gasteiger partial charge >= 0.3 is 0 Å². The van der Waals surface area contributed by atoms with E-state index < -0.39 is 31.8 Å². The first-order valence-corrected chi connectivity index (χ1v) is 14.6. The first-order valence-electron chi connectivity index (χ1n) is 12.9. The Labute approximate surface area is 224 Å². The maximum atomic E-state index is 13.5. The molecule has 202 valence electrons. The van der Waals surface area contributed by atoms with Gasteiger partial charge in [-0.2, -0.15) is 0 Å². The van der Waals surface area contributed by atoms with Crippen LogP contribution in [0.25, 0.3) is 11.3 Å². The van der Waals surface area contributed by atoms with Crippen LogP contribution in [0.15, 0.2) is 58.4 Å². The first kappa shape index (κ1) is 27.6. The first-order chi connectivity index (χ1) is 18.0. The smallest absolute Gasteiger partial charge is 0.266 e. The van der Waals surface area contributed by atoms with Crippen LogP contribution in [0.1, 0.15) is 56.5 Å². The van der Waals surface area contributed by atoms with E-state index in [0.717, 1.165) is 29.7 Å². The van der Waals surface area contributed by atoms with Crippen molar-refractivity contribution in [3.63, 3.8) is 0 Å². The zero-order chi connectivity index (χ0) is 27.6. The van der Waals surface area contributed by atoms with Crippen molar-refractivity contribution in [3.05, 3.63) is 70.1 Å². The van der Waals surface area contributed by atoms with Crippen molar-refractivity contribution in [1.29, 1.82) is 0 Å². The highest BCUT2D eigenvalue weighted by atomic mass is 32.2. The summed E-state index contributed by atoms with van der Waals surface area (Å²) < 4.78 is 31.9. The number of benzene rings is 1. The molecule has 2 aromatic heterocycles. The standard InChI is InChI=1S/C29H35N3O5S/c1-18(2)16-37-23-14-19(3)13-22(15-23)25-11-10-24(28(31-25)32-20(4)8-9-21(32)5)26(33)17-38(35,36)27-7-6-12-30-29(27)34/h6-7,10-15,18,20-21H,8-9,16-17H2,1-5H3,(H,30,34). The summed E-state index contributed by atoms with van der Waals surface area (Å²) in [7, 11) is -4.15. The molecule has 0 amide bonds. The zero-order valence-corrected chi connectivity index (χ0v) is 23.3. The van der Waals surface area contributed by atoms with Gasteiger partial charge in [0.25, 0.3) is 5.56 Å². The third kappa shape index (κ3) is 5.99. The number of hydrogen-bond acceptors (Lipinski definition) is 7. The molecule has 1 aliphatic rings. The van der Waals surface area contributed by atoms with Gasteiger partial charge in [0.05, 0.1) is 17.9 Å². The van der Waals surface area contributed by atoms with Crippen LogP contribution in [0.4, 0.5) is 5.82 Å². The second-order valence-electron chi connectivity index (χ2n) is 10.5. The van der Waals surface area contributed by atoms with Crippen LogP contribution >= 0.6 is 0 Å². The Balaban J connectivity index is 1.76. The number of Topliss-reactive ketones (excluding diaryl/α,β-unsaturated/α-hetero) is 1. The van der Waals surface area contributed by atoms with E-state index in [2.05, 4.69) is 37.6 Å². The number of sulfone groups is 1. The van der Waals surface area contributed by atoms with E-state index >= 15 is 0 Å². The van der Waals surface area contributed by atoms with E-state index in [1.807, 2.05) is 25.1 Å². The second-order valence-corrected chi connectivity index (χ2v) is 12.5. The number of rotatable bonds is 9. The highest BCUT2D eigenvalue weighted by molar-refractivity contribution is 7.92. The maximum absolute atomic E-state index is 13.5. The highest BCUT2D eigenvalue weighted by Crippen LogP contribution is 2.34. The van der Waals surface area contributed by atoms with Crippen molar-refractivity contribution in [3.8, 4) is 17.0 Å². The number of ketones is 1. The minimum absolute atomic E-state index is 0.135. The third-order valence-corrected chi connectivity index (χ3v) is 8.37. The number of nitrogens with one attached hydrogen (secondary N) is 1. The fraction of sp³-hybridized carbons (Fsp3) is 0.414. The van der Waals surface area contributed by atoms with Crippen molar-refractivity contribution in [2.75, 3.05) is 17.3 Å². The highest BCUT2D eigenvalue weighted by Gasteiger charge is 2.33. The van der Waals surface area contributed by atoms with E-state index in [1.165, 1.54) is 18.3 Å². The quantitative estimate of drug-likeness (QED) is 0.390. The molecule has 38 heavy (non-hydrogen) atoms. The normalized spacial score (nSPS) is 17.7. The molecule has 3 aromatic rings. The molecule has 2 unspecified atom stereocenters. The summed E-state index contributed by atoms with van der Waals surface area (Å²) in [5.41, 5.74) is 2.03. The number of aromatic nitrogens is 2. The van der Waals surface area contributed by atoms with Crippen molar-refractivity contribution < 1.29 is 17.9 Å². The number of aromatic amines is 1. The maximum Gasteiger partial charge on any atom is 0.266 e. The number of hydrogen-bond donors (Lipinski definition) is 1. The molecule has 9 heteroatoms. The molecule has 2 atom stereocenters. The summed E-state index contributed by atoms with van der Waals surface area (Å²) in [5.74, 6) is 0.184. The monoisotopic (exact) mass is 537 g/mol. The fourth-order valence-electron chi connectivity index (χ4n) is 4.86. The van der Waals surface area contributed by atoms with Gasteiger partial charge in [0.15, 0.2) is 15.6 Å². The minimum atomic E-state index is -4.15. The minimum Gasteiger partial charge on any atom is -0.493 e. The number of aryl methyl sites for hydroxylation is 1. The van der Waals surface area contributed by atoms with E-state index in [-0.39, 0.29) is 17.6 Å². The fourth-order valence-corrected chi connectivity index (χ4v) is 6.14. The molecular formula is C29H35N3O5S.